The predicted molar refractivity (Wildman–Crippen MR) is 72.0 cm³/mol. The van der Waals surface area contributed by atoms with Crippen LogP contribution in [-0.4, -0.2) is 25.3 Å². The molecule has 0 saturated carbocycles. The van der Waals surface area contributed by atoms with Gasteiger partial charge in [0, 0.05) is 25.9 Å². The average Bonchev–Trinajstić information content (AvgIpc) is 2.45. The van der Waals surface area contributed by atoms with Gasteiger partial charge < -0.3 is 10.0 Å². The first kappa shape index (κ1) is 15.0. The van der Waals surface area contributed by atoms with Crippen LogP contribution in [0.1, 0.15) is 33.1 Å². The van der Waals surface area contributed by atoms with E-state index in [1.54, 1.807) is 0 Å². The molecule has 2 heteroatoms. The van der Waals surface area contributed by atoms with Crippen molar-refractivity contribution in [2.45, 2.75) is 33.1 Å². The van der Waals surface area contributed by atoms with E-state index in [1.165, 1.54) is 38.0 Å². The summed E-state index contributed by atoms with van der Waals surface area (Å²) in [6.07, 6.45) is 4.12. The molecule has 1 heterocycles. The van der Waals surface area contributed by atoms with E-state index in [-0.39, 0.29) is 0 Å². The van der Waals surface area contributed by atoms with Crippen molar-refractivity contribution in [2.24, 2.45) is 0 Å². The third-order valence-corrected chi connectivity index (χ3v) is 2.48. The van der Waals surface area contributed by atoms with Crippen molar-refractivity contribution in [3.63, 3.8) is 0 Å². The van der Waals surface area contributed by atoms with E-state index in [0.29, 0.717) is 0 Å². The molecule has 2 nitrogen and oxygen atoms in total. The Morgan fingerprint density at radius 2 is 1.38 bits per heavy atom. The van der Waals surface area contributed by atoms with Gasteiger partial charge in [0.2, 0.25) is 0 Å². The molecule has 1 aromatic rings. The zero-order chi connectivity index (χ0) is 12.2. The lowest BCUT2D eigenvalue weighted by molar-refractivity contribution is 0.399. The molecule has 0 unspecified atom stereocenters. The van der Waals surface area contributed by atoms with Gasteiger partial charge in [0.25, 0.3) is 0 Å². The lowest BCUT2D eigenvalue weighted by Gasteiger charge is -2.28. The van der Waals surface area contributed by atoms with Crippen molar-refractivity contribution in [3.05, 3.63) is 30.3 Å². The summed E-state index contributed by atoms with van der Waals surface area (Å²) >= 11 is 0. The minimum absolute atomic E-state index is 1.00. The van der Waals surface area contributed by atoms with E-state index in [0.717, 1.165) is 7.11 Å². The van der Waals surface area contributed by atoms with E-state index in [9.17, 15) is 0 Å². The Labute approximate surface area is 99.9 Å². The van der Waals surface area contributed by atoms with Gasteiger partial charge in [0.1, 0.15) is 0 Å². The minimum atomic E-state index is 1.00. The Balaban J connectivity index is 0.000000509. The van der Waals surface area contributed by atoms with Crippen molar-refractivity contribution >= 4 is 5.69 Å². The molecule has 16 heavy (non-hydrogen) atoms. The molecule has 0 aliphatic carbocycles. The van der Waals surface area contributed by atoms with Crippen LogP contribution in [0.15, 0.2) is 30.3 Å². The number of nitrogens with zero attached hydrogens (tertiary/aromatic N) is 1. The molecule has 1 saturated heterocycles. The summed E-state index contributed by atoms with van der Waals surface area (Å²) in [5, 5.41) is 7.00. The third kappa shape index (κ3) is 5.17. The number of benzene rings is 1. The van der Waals surface area contributed by atoms with Gasteiger partial charge in [-0.2, -0.15) is 0 Å². The van der Waals surface area contributed by atoms with Crippen LogP contribution in [0.3, 0.4) is 0 Å². The van der Waals surface area contributed by atoms with Gasteiger partial charge in [0.05, 0.1) is 0 Å². The first-order valence-corrected chi connectivity index (χ1v) is 6.21. The maximum Gasteiger partial charge on any atom is 0.0366 e. The Kier molecular flexibility index (Phi) is 9.83. The van der Waals surface area contributed by atoms with E-state index in [4.69, 9.17) is 5.11 Å². The smallest absolute Gasteiger partial charge is 0.0366 e. The van der Waals surface area contributed by atoms with Gasteiger partial charge in [-0.05, 0) is 31.4 Å². The lowest BCUT2D eigenvalue weighted by Crippen LogP contribution is -2.29. The SMILES string of the molecule is CC.CO.c1ccc(N2CCCCC2)cc1. The fourth-order valence-corrected chi connectivity index (χ4v) is 1.79. The Bertz CT molecular complexity index is 230. The summed E-state index contributed by atoms with van der Waals surface area (Å²) in [5.74, 6) is 0. The van der Waals surface area contributed by atoms with Gasteiger partial charge >= 0.3 is 0 Å². The largest absolute Gasteiger partial charge is 0.400 e. The van der Waals surface area contributed by atoms with Crippen LogP contribution in [0.25, 0.3) is 0 Å². The highest BCUT2D eigenvalue weighted by atomic mass is 16.2. The molecule has 0 aromatic heterocycles. The number of hydrogen-bond donors (Lipinski definition) is 1. The summed E-state index contributed by atoms with van der Waals surface area (Å²) < 4.78 is 0. The highest BCUT2D eigenvalue weighted by molar-refractivity contribution is 5.46. The van der Waals surface area contributed by atoms with Gasteiger partial charge in [-0.15, -0.1) is 0 Å². The zero-order valence-electron chi connectivity index (χ0n) is 10.8. The molecule has 1 aliphatic heterocycles. The number of rotatable bonds is 1. The molecule has 0 amide bonds. The van der Waals surface area contributed by atoms with Crippen molar-refractivity contribution in [2.75, 3.05) is 25.1 Å². The van der Waals surface area contributed by atoms with E-state index in [2.05, 4.69) is 35.2 Å². The maximum atomic E-state index is 7.00. The fourth-order valence-electron chi connectivity index (χ4n) is 1.79. The number of aliphatic hydroxyl groups excluding tert-OH is 1. The molecular formula is C14H25NO. The lowest BCUT2D eigenvalue weighted by atomic mass is 10.1. The quantitative estimate of drug-likeness (QED) is 0.789. The van der Waals surface area contributed by atoms with Gasteiger partial charge in [-0.25, -0.2) is 0 Å². The van der Waals surface area contributed by atoms with Crippen LogP contribution in [0.2, 0.25) is 0 Å². The van der Waals surface area contributed by atoms with E-state index < -0.39 is 0 Å². The van der Waals surface area contributed by atoms with Gasteiger partial charge in [-0.1, -0.05) is 32.0 Å². The van der Waals surface area contributed by atoms with Crippen LogP contribution < -0.4 is 4.90 Å². The van der Waals surface area contributed by atoms with Crippen molar-refractivity contribution in [3.8, 4) is 0 Å². The molecule has 1 fully saturated rings. The fraction of sp³-hybridized carbons (Fsp3) is 0.571. The van der Waals surface area contributed by atoms with Crippen LogP contribution in [-0.2, 0) is 0 Å². The molecule has 1 aliphatic rings. The predicted octanol–water partition coefficient (Wildman–Crippen LogP) is 3.31. The van der Waals surface area contributed by atoms with E-state index in [1.807, 2.05) is 13.8 Å². The normalized spacial score (nSPS) is 14.1. The Morgan fingerprint density at radius 1 is 0.875 bits per heavy atom. The van der Waals surface area contributed by atoms with Crippen molar-refractivity contribution < 1.29 is 5.11 Å². The molecule has 0 spiro atoms. The van der Waals surface area contributed by atoms with Gasteiger partial charge in [-0.3, -0.25) is 0 Å². The number of piperidine rings is 1. The standard InChI is InChI=1S/C11H15N.C2H6.CH4O/c1-3-7-11(8-4-1)12-9-5-2-6-10-12;2*1-2/h1,3-4,7-8H,2,5-6,9-10H2;1-2H3;2H,1H3. The number of anilines is 1. The van der Waals surface area contributed by atoms with Crippen molar-refractivity contribution in [1.82, 2.24) is 0 Å². The summed E-state index contributed by atoms with van der Waals surface area (Å²) in [5.41, 5.74) is 1.39. The van der Waals surface area contributed by atoms with Crippen LogP contribution in [0.4, 0.5) is 5.69 Å². The van der Waals surface area contributed by atoms with Gasteiger partial charge in [0.15, 0.2) is 0 Å². The number of aliphatic hydroxyl groups is 1. The molecule has 1 N–H and O–H groups in total. The number of para-hydroxylation sites is 1. The molecule has 2 rings (SSSR count). The molecule has 0 radical (unpaired) electrons. The summed E-state index contributed by atoms with van der Waals surface area (Å²) in [6.45, 7) is 6.48. The highest BCUT2D eigenvalue weighted by Gasteiger charge is 2.09. The second kappa shape index (κ2) is 10.5. The molecule has 92 valence electrons. The average molecular weight is 223 g/mol. The molecule has 0 bridgehead atoms. The number of hydrogen-bond acceptors (Lipinski definition) is 2. The highest BCUT2D eigenvalue weighted by Crippen LogP contribution is 2.18. The monoisotopic (exact) mass is 223 g/mol. The second-order valence-electron chi connectivity index (χ2n) is 3.38. The third-order valence-electron chi connectivity index (χ3n) is 2.48. The molecule has 0 atom stereocenters. The van der Waals surface area contributed by atoms with Crippen LogP contribution in [0.5, 0.6) is 0 Å². The Morgan fingerprint density at radius 3 is 1.88 bits per heavy atom. The summed E-state index contributed by atoms with van der Waals surface area (Å²) in [7, 11) is 1.00. The minimum Gasteiger partial charge on any atom is -0.400 e. The first-order valence-electron chi connectivity index (χ1n) is 6.21. The van der Waals surface area contributed by atoms with Crippen molar-refractivity contribution in [1.29, 1.82) is 0 Å². The maximum absolute atomic E-state index is 7.00. The van der Waals surface area contributed by atoms with Crippen LogP contribution >= 0.6 is 0 Å². The first-order chi connectivity index (χ1) is 7.97. The second-order valence-corrected chi connectivity index (χ2v) is 3.38. The Hall–Kier alpha value is -1.02. The zero-order valence-corrected chi connectivity index (χ0v) is 10.8. The van der Waals surface area contributed by atoms with Crippen LogP contribution in [0, 0.1) is 0 Å². The summed E-state index contributed by atoms with van der Waals surface area (Å²) in [4.78, 5) is 2.48. The topological polar surface area (TPSA) is 23.5 Å². The summed E-state index contributed by atoms with van der Waals surface area (Å²) in [6, 6.07) is 10.7. The van der Waals surface area contributed by atoms with E-state index >= 15 is 0 Å². The molecular weight excluding hydrogens is 198 g/mol. The molecule has 1 aromatic carbocycles.